The second-order valence-electron chi connectivity index (χ2n) is 27.9. The second-order valence-corrected chi connectivity index (χ2v) is 31.7. The molecule has 0 radical (unpaired) electrons. The maximum absolute atomic E-state index is 16.0. The molecule has 478 valence electrons. The van der Waals surface area contributed by atoms with Crippen LogP contribution in [0.1, 0.15) is 114 Å². The highest BCUT2D eigenvalue weighted by molar-refractivity contribution is 7.85. The first-order valence-electron chi connectivity index (χ1n) is 32.8. The van der Waals surface area contributed by atoms with E-state index >= 15 is 16.8 Å². The highest BCUT2D eigenvalue weighted by Crippen LogP contribution is 2.51. The number of hydrogen-bond acceptors (Lipinski definition) is 8. The summed E-state index contributed by atoms with van der Waals surface area (Å²) in [6, 6.07) is 59.4. The zero-order valence-electron chi connectivity index (χ0n) is 56.3. The first kappa shape index (κ1) is 63.6. The van der Waals surface area contributed by atoms with Crippen LogP contribution in [0.4, 0.5) is 22.7 Å². The maximum atomic E-state index is 16.0. The lowest BCUT2D eigenvalue weighted by atomic mass is 9.83. The molecule has 10 nitrogen and oxygen atoms in total. The molecule has 12 heteroatoms. The average Bonchev–Trinajstić information content (AvgIpc) is 1.55. The number of fused-ring (bicyclic) bond motifs is 4. The van der Waals surface area contributed by atoms with Crippen LogP contribution in [-0.4, -0.2) is 64.4 Å². The van der Waals surface area contributed by atoms with Crippen molar-refractivity contribution in [3.8, 4) is 0 Å². The van der Waals surface area contributed by atoms with Gasteiger partial charge in [-0.05, 0) is 127 Å². The Morgan fingerprint density at radius 3 is 0.830 bits per heavy atom. The van der Waals surface area contributed by atoms with Crippen molar-refractivity contribution in [1.29, 1.82) is 0 Å². The van der Waals surface area contributed by atoms with Gasteiger partial charge in [0.25, 0.3) is 0 Å². The normalized spacial score (nSPS) is 21.9. The molecular weight excluding hydrogens is 1200 g/mol. The predicted octanol–water partition coefficient (Wildman–Crippen LogP) is 16.9. The van der Waals surface area contributed by atoms with Crippen molar-refractivity contribution in [2.45, 2.75) is 126 Å². The molecule has 0 unspecified atom stereocenters. The van der Waals surface area contributed by atoms with Crippen molar-refractivity contribution < 1.29 is 24.8 Å². The van der Waals surface area contributed by atoms with Gasteiger partial charge in [0.2, 0.25) is 11.4 Å². The fourth-order valence-electron chi connectivity index (χ4n) is 15.8. The number of benzene rings is 7. The summed E-state index contributed by atoms with van der Waals surface area (Å²) in [6.45, 7) is 17.9. The number of hydrogen-bond donors (Lipinski definition) is 0. The van der Waals surface area contributed by atoms with Gasteiger partial charge < -0.3 is 19.6 Å². The van der Waals surface area contributed by atoms with E-state index in [1.165, 1.54) is 22.3 Å². The van der Waals surface area contributed by atoms with Crippen LogP contribution in [0.5, 0.6) is 0 Å². The molecule has 4 aliphatic heterocycles. The number of nitrogens with zero attached hydrogens (tertiary/aromatic N) is 6. The third-order valence-corrected chi connectivity index (χ3v) is 24.4. The lowest BCUT2D eigenvalue weighted by Gasteiger charge is -2.24. The van der Waals surface area contributed by atoms with Crippen LogP contribution >= 0.6 is 0 Å². The van der Waals surface area contributed by atoms with Crippen molar-refractivity contribution in [1.82, 2.24) is 0 Å². The summed E-state index contributed by atoms with van der Waals surface area (Å²) in [4.78, 5) is 9.35. The minimum Gasteiger partial charge on any atom is -0.347 e. The zero-order chi connectivity index (χ0) is 66.3. The Kier molecular flexibility index (Phi) is 16.3. The van der Waals surface area contributed by atoms with Gasteiger partial charge in [-0.15, -0.1) is 7.96 Å². The summed E-state index contributed by atoms with van der Waals surface area (Å²) in [6.07, 6.45) is 19.8. The summed E-state index contributed by atoms with van der Waals surface area (Å²) in [5.41, 5.74) is 19.0. The number of rotatable bonds is 12. The van der Waals surface area contributed by atoms with Crippen LogP contribution in [0.15, 0.2) is 285 Å². The van der Waals surface area contributed by atoms with Gasteiger partial charge in [-0.3, -0.25) is 0 Å². The fourth-order valence-corrected chi connectivity index (χ4v) is 18.9. The van der Waals surface area contributed by atoms with E-state index in [1.54, 1.807) is 56.5 Å². The van der Waals surface area contributed by atoms with E-state index < -0.39 is 20.0 Å². The molecule has 2 aliphatic carbocycles. The van der Waals surface area contributed by atoms with E-state index in [4.69, 9.17) is 0 Å². The third-order valence-electron chi connectivity index (χ3n) is 20.9. The number of sulfonamides is 2. The van der Waals surface area contributed by atoms with Crippen LogP contribution in [0.3, 0.4) is 0 Å². The molecule has 0 amide bonds. The lowest BCUT2D eigenvalue weighted by Crippen LogP contribution is -2.29. The highest BCUT2D eigenvalue weighted by Gasteiger charge is 2.45. The molecule has 7 aromatic carbocycles. The first-order chi connectivity index (χ1) is 44.8. The summed E-state index contributed by atoms with van der Waals surface area (Å²) >= 11 is 0. The SMILES string of the molecule is CN1C(=CC=C2CCC(=CC=C3N(C)c4ccccc4C3(C)C)C2=[N+](Cc2cccc(C[N+](=C3C(=CC=C4N(C)c5ccccc5C4(C)C)CCC3=CC=C3N(C)c4ccccc4C3(C)C)S(=O)(=O)c3ccccc3)c2)S(=O)(=O)c2ccccc2)C(C)(C)c2ccccc21. The van der Waals surface area contributed by atoms with Gasteiger partial charge in [0.15, 0.2) is 13.1 Å². The number of anilines is 4. The Balaban J connectivity index is 0.993. The van der Waals surface area contributed by atoms with Crippen LogP contribution in [-0.2, 0) is 54.8 Å². The van der Waals surface area contributed by atoms with Gasteiger partial charge in [0.05, 0.1) is 0 Å². The topological polar surface area (TPSA) is 87.3 Å². The smallest absolute Gasteiger partial charge is 0.347 e. The van der Waals surface area contributed by atoms with Crippen molar-refractivity contribution in [2.24, 2.45) is 0 Å². The van der Waals surface area contributed by atoms with Crippen LogP contribution < -0.4 is 19.6 Å². The van der Waals surface area contributed by atoms with Gasteiger partial charge in [-0.1, -0.05) is 207 Å². The molecule has 2 saturated carbocycles. The largest absolute Gasteiger partial charge is 0.395 e. The molecule has 7 aromatic rings. The van der Waals surface area contributed by atoms with E-state index in [0.717, 1.165) is 67.8 Å². The van der Waals surface area contributed by atoms with Gasteiger partial charge in [-0.2, -0.15) is 16.8 Å². The van der Waals surface area contributed by atoms with E-state index in [9.17, 15) is 0 Å². The van der Waals surface area contributed by atoms with E-state index in [2.05, 4.69) is 249 Å². The highest BCUT2D eigenvalue weighted by atomic mass is 32.2. The van der Waals surface area contributed by atoms with Crippen LogP contribution in [0.2, 0.25) is 0 Å². The molecule has 94 heavy (non-hydrogen) atoms. The van der Waals surface area contributed by atoms with Crippen LogP contribution in [0.25, 0.3) is 0 Å². The van der Waals surface area contributed by atoms with Gasteiger partial charge in [0.1, 0.15) is 9.79 Å². The van der Waals surface area contributed by atoms with Gasteiger partial charge in [0, 0.05) is 129 Å². The summed E-state index contributed by atoms with van der Waals surface area (Å²) in [5, 5.41) is 0. The maximum Gasteiger partial charge on any atom is 0.395 e. The Labute approximate surface area is 558 Å². The molecule has 2 fully saturated rings. The summed E-state index contributed by atoms with van der Waals surface area (Å²) in [7, 11) is -0.125. The summed E-state index contributed by atoms with van der Waals surface area (Å²) < 4.78 is 67.2. The van der Waals surface area contributed by atoms with Crippen molar-refractivity contribution in [3.63, 3.8) is 0 Å². The van der Waals surface area contributed by atoms with E-state index in [0.29, 0.717) is 48.2 Å². The van der Waals surface area contributed by atoms with Gasteiger partial charge >= 0.3 is 20.0 Å². The molecule has 0 spiro atoms. The minimum atomic E-state index is -4.28. The Morgan fingerprint density at radius 2 is 0.574 bits per heavy atom. The molecule has 13 rings (SSSR count). The molecule has 0 saturated heterocycles. The standard InChI is InChI=1S/C82H86N6O4S2/c1-79(2)65-34-19-23-38-69(65)83(9)73(79)50-46-59-42-43-60(47-51-74-80(3,4)66-35-20-24-39-70(66)84(74)10)77(59)87(93(89,90)63-30-15-13-16-31-63)55-57-28-27-29-58(54-57)56-88(94(91,92)64-32-17-14-18-33-64)78-61(48-52-75-81(5,6)67-36-21-25-40-71(67)85(75)11)44-45-62(78)49-53-76-82(7,8)68-37-22-26-41-72(68)86(76)12/h13-41,46-54H,42-45,55-56H2,1-12H3/q+2. The lowest BCUT2D eigenvalue weighted by molar-refractivity contribution is -0.384. The second kappa shape index (κ2) is 24.0. The zero-order valence-corrected chi connectivity index (χ0v) is 57.9. The predicted molar refractivity (Wildman–Crippen MR) is 386 cm³/mol. The molecule has 6 aliphatic rings. The first-order valence-corrected chi connectivity index (χ1v) is 35.7. The number of likely N-dealkylation sites (N-methyl/N-ethyl adjacent to an activating group) is 4. The number of allylic oxidation sites excluding steroid dienone is 16. The monoisotopic (exact) mass is 1280 g/mol. The van der Waals surface area contributed by atoms with E-state index in [1.807, 2.05) is 36.4 Å². The molecule has 0 N–H and O–H groups in total. The van der Waals surface area contributed by atoms with Crippen molar-refractivity contribution >= 4 is 54.2 Å². The fraction of sp³-hybridized carbons (Fsp3) is 0.268. The quantitative estimate of drug-likeness (QED) is 0.112. The minimum absolute atomic E-state index is 0.0350. The van der Waals surface area contributed by atoms with Crippen molar-refractivity contribution in [3.05, 3.63) is 309 Å². The Hall–Kier alpha value is -9.10. The third kappa shape index (κ3) is 10.8. The Bertz CT molecular complexity index is 4320. The van der Waals surface area contributed by atoms with E-state index in [-0.39, 0.29) is 44.5 Å². The molecule has 0 bridgehead atoms. The molecular formula is C82H86N6O4S2+2. The van der Waals surface area contributed by atoms with Gasteiger partial charge in [-0.25, -0.2) is 0 Å². The average molecular weight is 1280 g/mol. The molecule has 0 aromatic heterocycles. The molecule has 0 atom stereocenters. The Morgan fingerprint density at radius 1 is 0.330 bits per heavy atom. The molecule has 4 heterocycles. The van der Waals surface area contributed by atoms with Crippen LogP contribution in [0, 0.1) is 0 Å². The number of para-hydroxylation sites is 4. The summed E-state index contributed by atoms with van der Waals surface area (Å²) in [5.74, 6) is 0. The van der Waals surface area contributed by atoms with Crippen molar-refractivity contribution in [2.75, 3.05) is 47.8 Å².